The smallest absolute Gasteiger partial charge is 0.122 e. The van der Waals surface area contributed by atoms with Crippen LogP contribution >= 0.6 is 0 Å². The van der Waals surface area contributed by atoms with Gasteiger partial charge in [-0.3, -0.25) is 0 Å². The Morgan fingerprint density at radius 1 is 1.18 bits per heavy atom. The predicted octanol–water partition coefficient (Wildman–Crippen LogP) is 3.38. The average molecular weight is 235 g/mol. The van der Waals surface area contributed by atoms with E-state index in [-0.39, 0.29) is 0 Å². The fraction of sp³-hybridized carbons (Fsp3) is 0.600. The highest BCUT2D eigenvalue weighted by molar-refractivity contribution is 5.41. The van der Waals surface area contributed by atoms with E-state index in [4.69, 9.17) is 4.74 Å². The Balaban J connectivity index is 2.68. The summed E-state index contributed by atoms with van der Waals surface area (Å²) in [6.07, 6.45) is 1.09. The molecule has 1 aromatic carbocycles. The van der Waals surface area contributed by atoms with E-state index >= 15 is 0 Å². The zero-order valence-corrected chi connectivity index (χ0v) is 11.8. The van der Waals surface area contributed by atoms with Crippen molar-refractivity contribution in [3.05, 3.63) is 28.8 Å². The van der Waals surface area contributed by atoms with Gasteiger partial charge in [-0.15, -0.1) is 0 Å². The summed E-state index contributed by atoms with van der Waals surface area (Å²) in [7, 11) is 0. The standard InChI is InChI=1S/C15H25NO/c1-6-14(16-7-2)10-17-15-9-11(3)8-12(4)13(15)5/h8-9,14,16H,6-7,10H2,1-5H3. The summed E-state index contributed by atoms with van der Waals surface area (Å²) in [5.74, 6) is 1.03. The van der Waals surface area contributed by atoms with Crippen molar-refractivity contribution in [2.24, 2.45) is 0 Å². The lowest BCUT2D eigenvalue weighted by atomic mass is 10.1. The molecule has 0 aliphatic carbocycles. The van der Waals surface area contributed by atoms with Crippen molar-refractivity contribution >= 4 is 0 Å². The SMILES string of the molecule is CCNC(CC)COc1cc(C)cc(C)c1C. The second-order valence-corrected chi connectivity index (χ2v) is 4.68. The fourth-order valence-electron chi connectivity index (χ4n) is 1.95. The molecule has 0 spiro atoms. The lowest BCUT2D eigenvalue weighted by Gasteiger charge is -2.18. The molecule has 1 unspecified atom stereocenters. The largest absolute Gasteiger partial charge is 0.492 e. The van der Waals surface area contributed by atoms with E-state index in [1.807, 2.05) is 0 Å². The van der Waals surface area contributed by atoms with Crippen LogP contribution in [-0.2, 0) is 0 Å². The van der Waals surface area contributed by atoms with Crippen LogP contribution in [0.25, 0.3) is 0 Å². The molecule has 17 heavy (non-hydrogen) atoms. The molecule has 0 radical (unpaired) electrons. The molecule has 1 N–H and O–H groups in total. The zero-order valence-electron chi connectivity index (χ0n) is 11.8. The fourth-order valence-corrected chi connectivity index (χ4v) is 1.95. The van der Waals surface area contributed by atoms with Crippen LogP contribution in [-0.4, -0.2) is 19.2 Å². The molecule has 0 bridgehead atoms. The van der Waals surface area contributed by atoms with Crippen molar-refractivity contribution in [1.82, 2.24) is 5.32 Å². The Morgan fingerprint density at radius 3 is 2.47 bits per heavy atom. The molecule has 1 aromatic rings. The summed E-state index contributed by atoms with van der Waals surface area (Å²) >= 11 is 0. The van der Waals surface area contributed by atoms with Crippen molar-refractivity contribution in [3.63, 3.8) is 0 Å². The Kier molecular flexibility index (Phi) is 5.49. The number of ether oxygens (including phenoxy) is 1. The van der Waals surface area contributed by atoms with E-state index in [1.165, 1.54) is 16.7 Å². The van der Waals surface area contributed by atoms with Crippen LogP contribution in [0.4, 0.5) is 0 Å². The number of hydrogen-bond donors (Lipinski definition) is 1. The highest BCUT2D eigenvalue weighted by Crippen LogP contribution is 2.23. The molecule has 2 nitrogen and oxygen atoms in total. The quantitative estimate of drug-likeness (QED) is 0.816. The summed E-state index contributed by atoms with van der Waals surface area (Å²) in [4.78, 5) is 0. The number of hydrogen-bond acceptors (Lipinski definition) is 2. The Labute approximate surface area is 105 Å². The van der Waals surface area contributed by atoms with Crippen LogP contribution in [0.1, 0.15) is 37.0 Å². The third-order valence-corrected chi connectivity index (χ3v) is 3.19. The first kappa shape index (κ1) is 14.0. The van der Waals surface area contributed by atoms with Gasteiger partial charge in [-0.05, 0) is 56.5 Å². The molecule has 1 rings (SSSR count). The Hall–Kier alpha value is -1.02. The molecule has 1 atom stereocenters. The van der Waals surface area contributed by atoms with Crippen molar-refractivity contribution in [2.45, 2.75) is 47.1 Å². The van der Waals surface area contributed by atoms with Gasteiger partial charge in [-0.25, -0.2) is 0 Å². The number of rotatable bonds is 6. The van der Waals surface area contributed by atoms with Gasteiger partial charge in [-0.2, -0.15) is 0 Å². The molecule has 0 aromatic heterocycles. The van der Waals surface area contributed by atoms with E-state index in [1.54, 1.807) is 0 Å². The topological polar surface area (TPSA) is 21.3 Å². The summed E-state index contributed by atoms with van der Waals surface area (Å²) in [6, 6.07) is 4.77. The highest BCUT2D eigenvalue weighted by atomic mass is 16.5. The molecule has 0 saturated heterocycles. The van der Waals surface area contributed by atoms with E-state index in [2.05, 4.69) is 52.1 Å². The molecule has 0 fully saturated rings. The maximum atomic E-state index is 5.94. The van der Waals surface area contributed by atoms with E-state index in [9.17, 15) is 0 Å². The van der Waals surface area contributed by atoms with Crippen molar-refractivity contribution < 1.29 is 4.74 Å². The first-order valence-corrected chi connectivity index (χ1v) is 6.52. The van der Waals surface area contributed by atoms with Crippen LogP contribution in [0.15, 0.2) is 12.1 Å². The van der Waals surface area contributed by atoms with E-state index < -0.39 is 0 Å². The van der Waals surface area contributed by atoms with Crippen LogP contribution in [0, 0.1) is 20.8 Å². The zero-order chi connectivity index (χ0) is 12.8. The van der Waals surface area contributed by atoms with Gasteiger partial charge in [-0.1, -0.05) is 19.9 Å². The molecular weight excluding hydrogens is 210 g/mol. The second-order valence-electron chi connectivity index (χ2n) is 4.68. The summed E-state index contributed by atoms with van der Waals surface area (Å²) in [5.41, 5.74) is 3.82. The van der Waals surface area contributed by atoms with Gasteiger partial charge in [0, 0.05) is 6.04 Å². The van der Waals surface area contributed by atoms with Crippen LogP contribution in [0.3, 0.4) is 0 Å². The number of likely N-dealkylation sites (N-methyl/N-ethyl adjacent to an activating group) is 1. The van der Waals surface area contributed by atoms with Gasteiger partial charge in [0.2, 0.25) is 0 Å². The Morgan fingerprint density at radius 2 is 1.88 bits per heavy atom. The van der Waals surface area contributed by atoms with E-state index in [0.717, 1.165) is 25.3 Å². The van der Waals surface area contributed by atoms with Gasteiger partial charge in [0.1, 0.15) is 12.4 Å². The van der Waals surface area contributed by atoms with Gasteiger partial charge >= 0.3 is 0 Å². The van der Waals surface area contributed by atoms with Gasteiger partial charge in [0.05, 0.1) is 0 Å². The maximum Gasteiger partial charge on any atom is 0.122 e. The molecule has 0 aliphatic heterocycles. The summed E-state index contributed by atoms with van der Waals surface area (Å²) in [6.45, 7) is 12.4. The summed E-state index contributed by atoms with van der Waals surface area (Å²) in [5, 5.41) is 3.43. The van der Waals surface area contributed by atoms with Gasteiger partial charge < -0.3 is 10.1 Å². The molecule has 96 valence electrons. The third kappa shape index (κ3) is 4.04. The van der Waals surface area contributed by atoms with Gasteiger partial charge in [0.25, 0.3) is 0 Å². The average Bonchev–Trinajstić information content (AvgIpc) is 2.30. The maximum absolute atomic E-state index is 5.94. The Bertz CT molecular complexity index is 360. The number of nitrogens with one attached hydrogen (secondary N) is 1. The molecule has 0 aliphatic rings. The summed E-state index contributed by atoms with van der Waals surface area (Å²) < 4.78 is 5.94. The monoisotopic (exact) mass is 235 g/mol. The highest BCUT2D eigenvalue weighted by Gasteiger charge is 2.08. The second kappa shape index (κ2) is 6.65. The molecule has 0 saturated carbocycles. The minimum atomic E-state index is 0.445. The molecule has 0 heterocycles. The van der Waals surface area contributed by atoms with E-state index in [0.29, 0.717) is 6.04 Å². The lowest BCUT2D eigenvalue weighted by molar-refractivity contribution is 0.260. The molecule has 2 heteroatoms. The lowest BCUT2D eigenvalue weighted by Crippen LogP contribution is -2.33. The normalized spacial score (nSPS) is 12.5. The minimum Gasteiger partial charge on any atom is -0.492 e. The molecular formula is C15H25NO. The van der Waals surface area contributed by atoms with Crippen molar-refractivity contribution in [2.75, 3.05) is 13.2 Å². The van der Waals surface area contributed by atoms with Gasteiger partial charge in [0.15, 0.2) is 0 Å². The predicted molar refractivity (Wildman–Crippen MR) is 73.9 cm³/mol. The van der Waals surface area contributed by atoms with Crippen LogP contribution < -0.4 is 10.1 Å². The molecule has 0 amide bonds. The number of benzene rings is 1. The van der Waals surface area contributed by atoms with Crippen molar-refractivity contribution in [3.8, 4) is 5.75 Å². The first-order chi connectivity index (χ1) is 8.08. The van der Waals surface area contributed by atoms with Crippen molar-refractivity contribution in [1.29, 1.82) is 0 Å². The first-order valence-electron chi connectivity index (χ1n) is 6.52. The number of aryl methyl sites for hydroxylation is 2. The van der Waals surface area contributed by atoms with Crippen LogP contribution in [0.5, 0.6) is 5.75 Å². The minimum absolute atomic E-state index is 0.445. The van der Waals surface area contributed by atoms with Crippen LogP contribution in [0.2, 0.25) is 0 Å². The third-order valence-electron chi connectivity index (χ3n) is 3.19.